The lowest BCUT2D eigenvalue weighted by molar-refractivity contribution is -0.109. The average molecular weight is 811 g/mol. The Labute approximate surface area is 332 Å². The summed E-state index contributed by atoms with van der Waals surface area (Å²) in [5.74, 6) is 2.01. The Morgan fingerprint density at radius 2 is 1.45 bits per heavy atom. The number of hydrogen-bond acceptors (Lipinski definition) is 6. The van der Waals surface area contributed by atoms with Gasteiger partial charge in [-0.05, 0) is 62.0 Å². The third-order valence-electron chi connectivity index (χ3n) is 9.94. The van der Waals surface area contributed by atoms with Gasteiger partial charge in [-0.25, -0.2) is 4.98 Å². The molecule has 0 bridgehead atoms. The number of aromatic nitrogens is 6. The number of carbonyl (C=O) groups excluding carboxylic acids is 1. The maximum Gasteiger partial charge on any atom is 0.207 e. The highest BCUT2D eigenvalue weighted by molar-refractivity contribution is 9.10. The van der Waals surface area contributed by atoms with E-state index >= 15 is 0 Å². The number of nitrogens with zero attached hydrogens (tertiary/aromatic N) is 6. The summed E-state index contributed by atoms with van der Waals surface area (Å²) in [5, 5.41) is 18.7. The summed E-state index contributed by atoms with van der Waals surface area (Å²) in [6, 6.07) is 45.0. The number of hydrogen-bond donors (Lipinski definition) is 1. The molecule has 274 valence electrons. The Hall–Kier alpha value is -5.84. The molecule has 3 heterocycles. The van der Waals surface area contributed by atoms with E-state index in [1.54, 1.807) is 4.80 Å². The zero-order valence-electron chi connectivity index (χ0n) is 30.1. The number of imidazole rings is 1. The SMILES string of the molecule is CCCCc1nc(Cl)c(CNC=O)n1Cc1ccc2oc(-c3ccccc3-c3nnn(C(c4ccccc4)(c4ccccc4)c4ccccc4)n3)c(Br)c2c1. The summed E-state index contributed by atoms with van der Waals surface area (Å²) >= 11 is 10.5. The zero-order valence-corrected chi connectivity index (χ0v) is 32.4. The van der Waals surface area contributed by atoms with Gasteiger partial charge in [0.2, 0.25) is 12.2 Å². The number of amides is 1. The highest BCUT2D eigenvalue weighted by Crippen LogP contribution is 2.43. The molecule has 0 atom stereocenters. The van der Waals surface area contributed by atoms with Gasteiger partial charge < -0.3 is 14.3 Å². The summed E-state index contributed by atoms with van der Waals surface area (Å²) in [7, 11) is 0. The van der Waals surface area contributed by atoms with Crippen LogP contribution in [0.3, 0.4) is 0 Å². The average Bonchev–Trinajstić information content (AvgIpc) is 3.93. The van der Waals surface area contributed by atoms with E-state index in [9.17, 15) is 4.79 Å². The van der Waals surface area contributed by atoms with Gasteiger partial charge in [0.15, 0.2) is 10.7 Å². The van der Waals surface area contributed by atoms with E-state index in [1.165, 1.54) is 0 Å². The fourth-order valence-corrected chi connectivity index (χ4v) is 8.19. The van der Waals surface area contributed by atoms with Crippen LogP contribution < -0.4 is 5.32 Å². The zero-order chi connectivity index (χ0) is 37.8. The summed E-state index contributed by atoms with van der Waals surface area (Å²) in [6.45, 7) is 2.98. The van der Waals surface area contributed by atoms with Crippen LogP contribution in [-0.4, -0.2) is 36.2 Å². The number of unbranched alkanes of at least 4 members (excludes halogenated alkanes) is 1. The first-order chi connectivity index (χ1) is 27.0. The first kappa shape index (κ1) is 36.2. The van der Waals surface area contributed by atoms with Gasteiger partial charge in [0.05, 0.1) is 16.7 Å². The maximum atomic E-state index is 11.2. The predicted molar refractivity (Wildman–Crippen MR) is 219 cm³/mol. The Balaban J connectivity index is 1.21. The minimum Gasteiger partial charge on any atom is -0.455 e. The molecule has 11 heteroatoms. The number of benzene rings is 5. The number of carbonyl (C=O) groups is 1. The number of aryl methyl sites for hydroxylation is 1. The van der Waals surface area contributed by atoms with Gasteiger partial charge >= 0.3 is 0 Å². The van der Waals surface area contributed by atoms with Crippen molar-refractivity contribution in [3.8, 4) is 22.7 Å². The number of nitrogens with one attached hydrogen (secondary N) is 1. The van der Waals surface area contributed by atoms with E-state index < -0.39 is 5.54 Å². The van der Waals surface area contributed by atoms with Gasteiger partial charge in [-0.3, -0.25) is 4.79 Å². The number of halogens is 2. The second kappa shape index (κ2) is 15.9. The Bertz CT molecular complexity index is 2470. The molecular formula is C44H37BrClN7O2. The van der Waals surface area contributed by atoms with Crippen LogP contribution in [0.5, 0.6) is 0 Å². The molecule has 55 heavy (non-hydrogen) atoms. The maximum absolute atomic E-state index is 11.2. The highest BCUT2D eigenvalue weighted by atomic mass is 79.9. The first-order valence-corrected chi connectivity index (χ1v) is 19.4. The van der Waals surface area contributed by atoms with Gasteiger partial charge in [0.25, 0.3) is 0 Å². The van der Waals surface area contributed by atoms with Crippen molar-refractivity contribution >= 4 is 44.9 Å². The third kappa shape index (κ3) is 6.77. The molecule has 0 saturated heterocycles. The molecule has 0 saturated carbocycles. The highest BCUT2D eigenvalue weighted by Gasteiger charge is 2.41. The number of fused-ring (bicyclic) bond motifs is 1. The smallest absolute Gasteiger partial charge is 0.207 e. The quantitative estimate of drug-likeness (QED) is 0.0867. The van der Waals surface area contributed by atoms with Gasteiger partial charge in [-0.2, -0.15) is 0 Å². The summed E-state index contributed by atoms with van der Waals surface area (Å²) in [5.41, 5.74) is 6.24. The van der Waals surface area contributed by atoms with Gasteiger partial charge in [-0.1, -0.05) is 146 Å². The predicted octanol–water partition coefficient (Wildman–Crippen LogP) is 9.84. The lowest BCUT2D eigenvalue weighted by Gasteiger charge is -2.34. The van der Waals surface area contributed by atoms with Crippen LogP contribution in [-0.2, 0) is 29.8 Å². The Kier molecular flexibility index (Phi) is 10.4. The molecule has 3 aromatic heterocycles. The van der Waals surface area contributed by atoms with Crippen molar-refractivity contribution in [1.29, 1.82) is 0 Å². The molecule has 0 aliphatic carbocycles. The molecule has 0 spiro atoms. The first-order valence-electron chi connectivity index (χ1n) is 18.2. The monoisotopic (exact) mass is 809 g/mol. The molecule has 0 fully saturated rings. The molecule has 9 nitrogen and oxygen atoms in total. The second-order valence-corrected chi connectivity index (χ2v) is 14.4. The van der Waals surface area contributed by atoms with E-state index in [0.717, 1.165) is 79.6 Å². The molecule has 1 N–H and O–H groups in total. The minimum atomic E-state index is -0.903. The van der Waals surface area contributed by atoms with E-state index in [-0.39, 0.29) is 0 Å². The van der Waals surface area contributed by atoms with E-state index in [4.69, 9.17) is 31.4 Å². The summed E-state index contributed by atoms with van der Waals surface area (Å²) < 4.78 is 9.49. The molecule has 0 unspecified atom stereocenters. The molecule has 0 aliphatic heterocycles. The fourth-order valence-electron chi connectivity index (χ4n) is 7.32. The van der Waals surface area contributed by atoms with E-state index in [0.29, 0.717) is 36.2 Å². The Morgan fingerprint density at radius 3 is 2.07 bits per heavy atom. The summed E-state index contributed by atoms with van der Waals surface area (Å²) in [6.07, 6.45) is 3.48. The second-order valence-electron chi connectivity index (χ2n) is 13.3. The molecular weight excluding hydrogens is 774 g/mol. The van der Waals surface area contributed by atoms with Crippen LogP contribution in [0.1, 0.15) is 53.5 Å². The molecule has 0 radical (unpaired) electrons. The van der Waals surface area contributed by atoms with Crippen LogP contribution in [0, 0.1) is 0 Å². The van der Waals surface area contributed by atoms with E-state index in [2.05, 4.69) is 80.2 Å². The normalized spacial score (nSPS) is 11.6. The molecule has 8 rings (SSSR count). The molecule has 0 aliphatic rings. The van der Waals surface area contributed by atoms with Gasteiger partial charge in [-0.15, -0.1) is 15.0 Å². The van der Waals surface area contributed by atoms with Gasteiger partial charge in [0, 0.05) is 29.5 Å². The topological polar surface area (TPSA) is 104 Å². The summed E-state index contributed by atoms with van der Waals surface area (Å²) in [4.78, 5) is 17.6. The van der Waals surface area contributed by atoms with Crippen LogP contribution >= 0.6 is 27.5 Å². The fraction of sp³-hybridized carbons (Fsp3) is 0.159. The number of tetrazole rings is 1. The molecule has 8 aromatic rings. The van der Waals surface area contributed by atoms with Crippen LogP contribution in [0.15, 0.2) is 142 Å². The van der Waals surface area contributed by atoms with Crippen molar-refractivity contribution < 1.29 is 9.21 Å². The van der Waals surface area contributed by atoms with Crippen molar-refractivity contribution in [2.45, 2.75) is 44.8 Å². The van der Waals surface area contributed by atoms with Crippen molar-refractivity contribution in [3.63, 3.8) is 0 Å². The third-order valence-corrected chi connectivity index (χ3v) is 11.0. The van der Waals surface area contributed by atoms with Crippen molar-refractivity contribution in [2.24, 2.45) is 0 Å². The molecule has 1 amide bonds. The van der Waals surface area contributed by atoms with Crippen LogP contribution in [0.4, 0.5) is 0 Å². The van der Waals surface area contributed by atoms with Crippen molar-refractivity contribution in [3.05, 3.63) is 177 Å². The van der Waals surface area contributed by atoms with E-state index in [1.807, 2.05) is 91.0 Å². The number of rotatable bonds is 14. The van der Waals surface area contributed by atoms with Gasteiger partial charge in [0.1, 0.15) is 17.2 Å². The molecule has 5 aromatic carbocycles. The van der Waals surface area contributed by atoms with Crippen molar-refractivity contribution in [1.82, 2.24) is 35.1 Å². The lowest BCUT2D eigenvalue weighted by Crippen LogP contribution is -2.39. The standard InChI is InChI=1S/C44H37BrClN7O2/c1-2-3-23-39-48-42(46)37(27-47-29-54)52(39)28-30-24-25-38-36(26-30)40(45)41(55-38)34-21-13-14-22-35(34)43-49-51-53(50-43)44(31-15-7-4-8-16-31,32-17-9-5-10-18-32)33-19-11-6-12-20-33/h4-22,24-26,29H,2-3,23,27-28H2,1H3,(H,47,54). The number of furan rings is 1. The van der Waals surface area contributed by atoms with Crippen LogP contribution in [0.25, 0.3) is 33.7 Å². The minimum absolute atomic E-state index is 0.294. The largest absolute Gasteiger partial charge is 0.455 e. The Morgan fingerprint density at radius 1 is 0.836 bits per heavy atom. The van der Waals surface area contributed by atoms with Crippen molar-refractivity contribution in [2.75, 3.05) is 0 Å². The lowest BCUT2D eigenvalue weighted by atomic mass is 9.77. The van der Waals surface area contributed by atoms with Crippen LogP contribution in [0.2, 0.25) is 5.15 Å².